The molecule has 2 atom stereocenters. The molecule has 0 aliphatic carbocycles. The van der Waals surface area contributed by atoms with E-state index in [4.69, 9.17) is 14.2 Å². The van der Waals surface area contributed by atoms with Gasteiger partial charge < -0.3 is 28.6 Å². The Hall–Kier alpha value is -3.23. The molecule has 0 fully saturated rings. The summed E-state index contributed by atoms with van der Waals surface area (Å²) >= 11 is 0. The standard InChI is InChI=1S/C52H89NO7/c1-6-8-10-12-14-16-18-20-22-24-25-27-29-31-33-35-37-39-41-43-51(55)60-48(46-58-45-44-49(52(56)57)53(3,4)5)47-59-50(54)42-40-38-36-34-32-30-28-26-23-21-19-17-15-13-11-9-7-2/h9,11,14-17,20-23,25,27,48-49H,6-8,10,12-13,18-19,24,26,28-47H2,1-5H3/b11-9-,16-14-,17-15-,22-20-,23-21-,27-25-. The van der Waals surface area contributed by atoms with E-state index in [0.717, 1.165) is 89.9 Å². The van der Waals surface area contributed by atoms with Crippen molar-refractivity contribution in [3.63, 3.8) is 0 Å². The number of unbranched alkanes of at least 4 members (excludes halogenated alkanes) is 16. The summed E-state index contributed by atoms with van der Waals surface area (Å²) in [6, 6.07) is -0.733. The molecule has 0 saturated heterocycles. The molecule has 0 heterocycles. The lowest BCUT2D eigenvalue weighted by atomic mass is 10.1. The van der Waals surface area contributed by atoms with Crippen molar-refractivity contribution in [1.82, 2.24) is 0 Å². The van der Waals surface area contributed by atoms with Crippen molar-refractivity contribution in [2.75, 3.05) is 41.0 Å². The number of aliphatic carboxylic acids is 1. The fourth-order valence-electron chi connectivity index (χ4n) is 6.62. The molecule has 0 saturated carbocycles. The highest BCUT2D eigenvalue weighted by atomic mass is 16.6. The molecule has 8 heteroatoms. The lowest BCUT2D eigenvalue weighted by molar-refractivity contribution is -0.889. The van der Waals surface area contributed by atoms with E-state index in [0.29, 0.717) is 12.8 Å². The third-order valence-electron chi connectivity index (χ3n) is 10.3. The number of esters is 2. The molecule has 2 unspecified atom stereocenters. The van der Waals surface area contributed by atoms with Crippen molar-refractivity contribution < 1.29 is 38.2 Å². The highest BCUT2D eigenvalue weighted by Crippen LogP contribution is 2.14. The van der Waals surface area contributed by atoms with E-state index in [2.05, 4.69) is 86.8 Å². The zero-order valence-corrected chi connectivity index (χ0v) is 39.1. The van der Waals surface area contributed by atoms with Crippen LogP contribution in [-0.2, 0) is 28.6 Å². The predicted octanol–water partition coefficient (Wildman–Crippen LogP) is 12.2. The Bertz CT molecular complexity index is 1210. The summed E-state index contributed by atoms with van der Waals surface area (Å²) in [5.74, 6) is -1.77. The van der Waals surface area contributed by atoms with E-state index in [-0.39, 0.29) is 42.7 Å². The Morgan fingerprint density at radius 1 is 0.517 bits per heavy atom. The Morgan fingerprint density at radius 3 is 1.38 bits per heavy atom. The molecule has 0 aromatic heterocycles. The van der Waals surface area contributed by atoms with Crippen LogP contribution < -0.4 is 5.11 Å². The molecule has 0 aromatic carbocycles. The first-order valence-corrected chi connectivity index (χ1v) is 24.0. The van der Waals surface area contributed by atoms with Gasteiger partial charge in [-0.1, -0.05) is 157 Å². The maximum Gasteiger partial charge on any atom is 0.306 e. The molecule has 0 amide bonds. The molecular formula is C52H89NO7. The molecule has 0 N–H and O–H groups in total. The van der Waals surface area contributed by atoms with E-state index in [1.807, 2.05) is 0 Å². The fourth-order valence-corrected chi connectivity index (χ4v) is 6.62. The van der Waals surface area contributed by atoms with Crippen LogP contribution in [0.1, 0.15) is 187 Å². The molecule has 0 aliphatic rings. The van der Waals surface area contributed by atoms with E-state index in [1.54, 1.807) is 21.1 Å². The normalized spacial score (nSPS) is 13.6. The van der Waals surface area contributed by atoms with Crippen molar-refractivity contribution in [2.45, 2.75) is 199 Å². The Balaban J connectivity index is 4.35. The Kier molecular flexibility index (Phi) is 40.2. The SMILES string of the molecule is CC/C=C\C/C=C\C/C=C\CCCCCCCCCC(=O)OCC(COCCC(C(=O)[O-])[N+](C)(C)C)OC(=O)CCCCCCCC/C=C\C/C=C\C/C=C\CCCCC. The summed E-state index contributed by atoms with van der Waals surface area (Å²) in [5.41, 5.74) is 0. The van der Waals surface area contributed by atoms with Crippen LogP contribution in [0.4, 0.5) is 0 Å². The van der Waals surface area contributed by atoms with Crippen molar-refractivity contribution >= 4 is 17.9 Å². The summed E-state index contributed by atoms with van der Waals surface area (Å²) in [4.78, 5) is 37.0. The van der Waals surface area contributed by atoms with Gasteiger partial charge in [-0.25, -0.2) is 0 Å². The number of likely N-dealkylation sites (N-methyl/N-ethyl adjacent to an activating group) is 1. The molecule has 60 heavy (non-hydrogen) atoms. The second kappa shape index (κ2) is 42.5. The molecule has 0 radical (unpaired) electrons. The molecule has 0 spiro atoms. The molecule has 8 nitrogen and oxygen atoms in total. The number of rotatable bonds is 42. The van der Waals surface area contributed by atoms with Gasteiger partial charge in [-0.2, -0.15) is 0 Å². The van der Waals surface area contributed by atoms with Crippen LogP contribution in [-0.4, -0.2) is 75.5 Å². The largest absolute Gasteiger partial charge is 0.544 e. The second-order valence-corrected chi connectivity index (χ2v) is 17.0. The van der Waals surface area contributed by atoms with E-state index in [9.17, 15) is 19.5 Å². The first-order valence-electron chi connectivity index (χ1n) is 24.0. The van der Waals surface area contributed by atoms with Gasteiger partial charge in [0.2, 0.25) is 0 Å². The van der Waals surface area contributed by atoms with E-state index in [1.165, 1.54) is 64.2 Å². The summed E-state index contributed by atoms with van der Waals surface area (Å²) in [7, 11) is 5.40. The third-order valence-corrected chi connectivity index (χ3v) is 10.3. The highest BCUT2D eigenvalue weighted by Gasteiger charge is 2.25. The number of quaternary nitrogens is 1. The first-order chi connectivity index (χ1) is 29.1. The Labute approximate surface area is 368 Å². The van der Waals surface area contributed by atoms with Crippen LogP contribution in [0.3, 0.4) is 0 Å². The van der Waals surface area contributed by atoms with Gasteiger partial charge in [0.25, 0.3) is 0 Å². The van der Waals surface area contributed by atoms with Crippen LogP contribution in [0.15, 0.2) is 72.9 Å². The van der Waals surface area contributed by atoms with Gasteiger partial charge in [0.05, 0.1) is 40.3 Å². The predicted molar refractivity (Wildman–Crippen MR) is 249 cm³/mol. The van der Waals surface area contributed by atoms with Gasteiger partial charge in [-0.15, -0.1) is 0 Å². The number of carbonyl (C=O) groups is 3. The number of carboxylic acid groups (broad SMARTS) is 1. The number of carbonyl (C=O) groups excluding carboxylic acids is 3. The number of nitrogens with zero attached hydrogens (tertiary/aromatic N) is 1. The average molecular weight is 840 g/mol. The lowest BCUT2D eigenvalue weighted by Gasteiger charge is -2.34. The minimum absolute atomic E-state index is 0.0288. The summed E-state index contributed by atoms with van der Waals surface area (Å²) < 4.78 is 17.2. The Morgan fingerprint density at radius 2 is 0.933 bits per heavy atom. The van der Waals surface area contributed by atoms with Gasteiger partial charge in [0, 0.05) is 19.3 Å². The average Bonchev–Trinajstić information content (AvgIpc) is 3.21. The number of hydrogen-bond donors (Lipinski definition) is 0. The van der Waals surface area contributed by atoms with Gasteiger partial charge in [-0.05, 0) is 83.5 Å². The van der Waals surface area contributed by atoms with E-state index >= 15 is 0 Å². The van der Waals surface area contributed by atoms with Gasteiger partial charge in [0.15, 0.2) is 6.10 Å². The molecule has 0 aromatic rings. The minimum atomic E-state index is -1.13. The van der Waals surface area contributed by atoms with Gasteiger partial charge in [0.1, 0.15) is 12.6 Å². The van der Waals surface area contributed by atoms with Gasteiger partial charge in [-0.3, -0.25) is 9.59 Å². The number of allylic oxidation sites excluding steroid dienone is 12. The van der Waals surface area contributed by atoms with Crippen LogP contribution in [0, 0.1) is 0 Å². The number of carboxylic acids is 1. The monoisotopic (exact) mass is 840 g/mol. The van der Waals surface area contributed by atoms with Crippen molar-refractivity contribution in [1.29, 1.82) is 0 Å². The van der Waals surface area contributed by atoms with Crippen LogP contribution >= 0.6 is 0 Å². The minimum Gasteiger partial charge on any atom is -0.544 e. The maximum absolute atomic E-state index is 12.8. The summed E-state index contributed by atoms with van der Waals surface area (Å²) in [6.07, 6.45) is 53.5. The first kappa shape index (κ1) is 56.8. The highest BCUT2D eigenvalue weighted by molar-refractivity contribution is 5.70. The molecular weight excluding hydrogens is 751 g/mol. The van der Waals surface area contributed by atoms with Crippen molar-refractivity contribution in [2.24, 2.45) is 0 Å². The number of hydrogen-bond acceptors (Lipinski definition) is 7. The molecule has 0 bridgehead atoms. The summed E-state index contributed by atoms with van der Waals surface area (Å²) in [5, 5.41) is 11.6. The van der Waals surface area contributed by atoms with Crippen molar-refractivity contribution in [3.05, 3.63) is 72.9 Å². The molecule has 0 rings (SSSR count). The third kappa shape index (κ3) is 40.2. The molecule has 344 valence electrons. The lowest BCUT2D eigenvalue weighted by Crippen LogP contribution is -2.55. The quantitative estimate of drug-likeness (QED) is 0.0261. The van der Waals surface area contributed by atoms with E-state index < -0.39 is 18.1 Å². The summed E-state index contributed by atoms with van der Waals surface area (Å²) in [6.45, 7) is 4.50. The van der Waals surface area contributed by atoms with Crippen LogP contribution in [0.25, 0.3) is 0 Å². The zero-order valence-electron chi connectivity index (χ0n) is 39.1. The smallest absolute Gasteiger partial charge is 0.306 e. The molecule has 0 aliphatic heterocycles. The van der Waals surface area contributed by atoms with Crippen LogP contribution in [0.2, 0.25) is 0 Å². The second-order valence-electron chi connectivity index (χ2n) is 17.0. The van der Waals surface area contributed by atoms with Crippen LogP contribution in [0.5, 0.6) is 0 Å². The zero-order chi connectivity index (χ0) is 44.2. The van der Waals surface area contributed by atoms with Crippen molar-refractivity contribution in [3.8, 4) is 0 Å². The topological polar surface area (TPSA) is 102 Å². The fraction of sp³-hybridized carbons (Fsp3) is 0.712. The maximum atomic E-state index is 12.8. The van der Waals surface area contributed by atoms with Gasteiger partial charge >= 0.3 is 11.9 Å². The number of ether oxygens (including phenoxy) is 3.